The highest BCUT2D eigenvalue weighted by Gasteiger charge is 2.17. The number of rotatable bonds is 57. The molecular formula is C69H118O5. The minimum absolute atomic E-state index is 0.0662. The van der Waals surface area contributed by atoms with E-state index in [4.69, 9.17) is 14.2 Å². The highest BCUT2D eigenvalue weighted by molar-refractivity contribution is 5.70. The molecule has 1 unspecified atom stereocenters. The van der Waals surface area contributed by atoms with Crippen molar-refractivity contribution in [3.8, 4) is 0 Å². The Hall–Kier alpha value is -3.44. The summed E-state index contributed by atoms with van der Waals surface area (Å²) in [6.07, 6.45) is 88.3. The van der Waals surface area contributed by atoms with Crippen molar-refractivity contribution in [3.05, 3.63) is 109 Å². The number of hydrogen-bond donors (Lipinski definition) is 0. The van der Waals surface area contributed by atoms with Gasteiger partial charge in [0, 0.05) is 19.4 Å². The van der Waals surface area contributed by atoms with Crippen LogP contribution in [0.3, 0.4) is 0 Å². The zero-order valence-electron chi connectivity index (χ0n) is 48.8. The molecule has 0 aromatic carbocycles. The van der Waals surface area contributed by atoms with Crippen LogP contribution in [0.25, 0.3) is 0 Å². The predicted octanol–water partition coefficient (Wildman–Crippen LogP) is 21.9. The van der Waals surface area contributed by atoms with Crippen LogP contribution in [0.4, 0.5) is 0 Å². The Balaban J connectivity index is 4.35. The number of allylic oxidation sites excluding steroid dienone is 18. The summed E-state index contributed by atoms with van der Waals surface area (Å²) in [4.78, 5) is 25.6. The zero-order chi connectivity index (χ0) is 53.4. The van der Waals surface area contributed by atoms with E-state index in [0.717, 1.165) is 109 Å². The summed E-state index contributed by atoms with van der Waals surface area (Å²) in [5.41, 5.74) is 0. The minimum atomic E-state index is -0.560. The van der Waals surface area contributed by atoms with Gasteiger partial charge in [0.15, 0.2) is 6.10 Å². The molecule has 424 valence electrons. The van der Waals surface area contributed by atoms with E-state index in [1.807, 2.05) is 0 Å². The topological polar surface area (TPSA) is 61.8 Å². The standard InChI is InChI=1S/C69H118O5/c1-4-7-10-13-16-19-22-25-28-31-34-37-40-43-46-49-52-55-58-61-64-72-65-67(74-69(71)63-60-57-54-51-48-45-42-39-36-33-30-27-24-21-18-15-12-9-6-3)66-73-68(70)62-59-56-53-50-47-44-41-38-35-32-29-26-23-20-17-14-11-8-5-2/h8,11,16-21,25-30,35-36,38-39,67H,4-7,9-10,12-15,22-24,31-34,37,40-66H2,1-3H3/b11-8-,19-16-,20-17-,21-18-,28-25-,29-26-,30-27-,38-35-,39-36-. The molecule has 5 nitrogen and oxygen atoms in total. The van der Waals surface area contributed by atoms with E-state index in [2.05, 4.69) is 130 Å². The van der Waals surface area contributed by atoms with Crippen molar-refractivity contribution in [1.29, 1.82) is 0 Å². The smallest absolute Gasteiger partial charge is 0.306 e. The Morgan fingerprint density at radius 1 is 0.311 bits per heavy atom. The second-order valence-corrected chi connectivity index (χ2v) is 20.6. The van der Waals surface area contributed by atoms with Gasteiger partial charge in [-0.15, -0.1) is 0 Å². The lowest BCUT2D eigenvalue weighted by molar-refractivity contribution is -0.163. The van der Waals surface area contributed by atoms with Crippen LogP contribution in [0.2, 0.25) is 0 Å². The zero-order valence-corrected chi connectivity index (χ0v) is 48.8. The summed E-state index contributed by atoms with van der Waals surface area (Å²) in [5, 5.41) is 0. The van der Waals surface area contributed by atoms with Crippen LogP contribution in [-0.4, -0.2) is 37.9 Å². The van der Waals surface area contributed by atoms with Gasteiger partial charge in [0.25, 0.3) is 0 Å². The van der Waals surface area contributed by atoms with E-state index >= 15 is 0 Å². The van der Waals surface area contributed by atoms with E-state index in [0.29, 0.717) is 19.4 Å². The highest BCUT2D eigenvalue weighted by Crippen LogP contribution is 2.15. The first-order valence-corrected chi connectivity index (χ1v) is 31.4. The Morgan fingerprint density at radius 3 is 0.973 bits per heavy atom. The van der Waals surface area contributed by atoms with Crippen LogP contribution in [0, 0.1) is 0 Å². The molecular weight excluding hydrogens is 909 g/mol. The van der Waals surface area contributed by atoms with E-state index in [1.54, 1.807) is 0 Å². The molecule has 0 spiro atoms. The summed E-state index contributed by atoms with van der Waals surface area (Å²) in [6.45, 7) is 7.65. The second kappa shape index (κ2) is 63.8. The molecule has 0 heterocycles. The molecule has 0 bridgehead atoms. The molecule has 0 fully saturated rings. The van der Waals surface area contributed by atoms with Crippen molar-refractivity contribution in [2.45, 2.75) is 297 Å². The number of carbonyl (C=O) groups excluding carboxylic acids is 2. The Kier molecular flexibility index (Phi) is 60.9. The third kappa shape index (κ3) is 61.1. The normalized spacial score (nSPS) is 13.0. The van der Waals surface area contributed by atoms with Crippen molar-refractivity contribution in [1.82, 2.24) is 0 Å². The molecule has 0 amide bonds. The van der Waals surface area contributed by atoms with Gasteiger partial charge in [-0.05, 0) is 128 Å². The number of esters is 2. The quantitative estimate of drug-likeness (QED) is 0.0345. The average molecular weight is 1030 g/mol. The Morgan fingerprint density at radius 2 is 0.608 bits per heavy atom. The molecule has 0 aliphatic rings. The lowest BCUT2D eigenvalue weighted by Gasteiger charge is -2.18. The molecule has 0 N–H and O–H groups in total. The Bertz CT molecular complexity index is 1440. The highest BCUT2D eigenvalue weighted by atomic mass is 16.6. The monoisotopic (exact) mass is 1030 g/mol. The van der Waals surface area contributed by atoms with Gasteiger partial charge < -0.3 is 14.2 Å². The van der Waals surface area contributed by atoms with Gasteiger partial charge in [0.2, 0.25) is 0 Å². The fraction of sp³-hybridized carbons (Fsp3) is 0.710. The fourth-order valence-electron chi connectivity index (χ4n) is 8.60. The minimum Gasteiger partial charge on any atom is -0.462 e. The van der Waals surface area contributed by atoms with E-state index < -0.39 is 6.10 Å². The summed E-state index contributed by atoms with van der Waals surface area (Å²) < 4.78 is 17.5. The largest absolute Gasteiger partial charge is 0.462 e. The number of hydrogen-bond acceptors (Lipinski definition) is 5. The second-order valence-electron chi connectivity index (χ2n) is 20.6. The van der Waals surface area contributed by atoms with Gasteiger partial charge in [-0.1, -0.05) is 259 Å². The maximum Gasteiger partial charge on any atom is 0.306 e. The molecule has 0 aromatic heterocycles. The van der Waals surface area contributed by atoms with Crippen molar-refractivity contribution < 1.29 is 23.8 Å². The number of carbonyl (C=O) groups is 2. The third-order valence-electron chi connectivity index (χ3n) is 13.3. The summed E-state index contributed by atoms with van der Waals surface area (Å²) in [6, 6.07) is 0. The van der Waals surface area contributed by atoms with Gasteiger partial charge in [-0.2, -0.15) is 0 Å². The van der Waals surface area contributed by atoms with E-state index in [-0.39, 0.29) is 25.2 Å². The third-order valence-corrected chi connectivity index (χ3v) is 13.3. The summed E-state index contributed by atoms with van der Waals surface area (Å²) in [5.74, 6) is -0.426. The van der Waals surface area contributed by atoms with Crippen LogP contribution in [0.15, 0.2) is 109 Å². The predicted molar refractivity (Wildman–Crippen MR) is 325 cm³/mol. The lowest BCUT2D eigenvalue weighted by atomic mass is 10.1. The maximum atomic E-state index is 12.9. The van der Waals surface area contributed by atoms with Gasteiger partial charge in [-0.3, -0.25) is 9.59 Å². The number of unbranched alkanes of at least 4 members (excludes halogenated alkanes) is 28. The lowest BCUT2D eigenvalue weighted by Crippen LogP contribution is -2.30. The molecule has 5 heteroatoms. The van der Waals surface area contributed by atoms with Crippen LogP contribution in [0.1, 0.15) is 290 Å². The van der Waals surface area contributed by atoms with Gasteiger partial charge in [0.1, 0.15) is 6.61 Å². The van der Waals surface area contributed by atoms with Crippen molar-refractivity contribution in [2.75, 3.05) is 19.8 Å². The number of ether oxygens (including phenoxy) is 3. The van der Waals surface area contributed by atoms with Crippen LogP contribution >= 0.6 is 0 Å². The van der Waals surface area contributed by atoms with Crippen molar-refractivity contribution in [2.24, 2.45) is 0 Å². The average Bonchev–Trinajstić information content (AvgIpc) is 3.40. The molecule has 0 aliphatic heterocycles. The molecule has 74 heavy (non-hydrogen) atoms. The molecule has 0 aliphatic carbocycles. The first kappa shape index (κ1) is 70.6. The van der Waals surface area contributed by atoms with Gasteiger partial charge >= 0.3 is 11.9 Å². The molecule has 1 atom stereocenters. The maximum absolute atomic E-state index is 12.9. The molecule has 0 saturated carbocycles. The molecule has 0 aromatic rings. The Labute approximate surface area is 459 Å². The van der Waals surface area contributed by atoms with Crippen LogP contribution in [-0.2, 0) is 23.8 Å². The van der Waals surface area contributed by atoms with Crippen molar-refractivity contribution in [3.63, 3.8) is 0 Å². The van der Waals surface area contributed by atoms with E-state index in [1.165, 1.54) is 148 Å². The first-order valence-electron chi connectivity index (χ1n) is 31.4. The molecule has 0 rings (SSSR count). The summed E-state index contributed by atoms with van der Waals surface area (Å²) in [7, 11) is 0. The van der Waals surface area contributed by atoms with Crippen molar-refractivity contribution >= 4 is 11.9 Å². The van der Waals surface area contributed by atoms with Crippen LogP contribution < -0.4 is 0 Å². The van der Waals surface area contributed by atoms with Gasteiger partial charge in [-0.25, -0.2) is 0 Å². The van der Waals surface area contributed by atoms with E-state index in [9.17, 15) is 9.59 Å². The molecule has 0 saturated heterocycles. The van der Waals surface area contributed by atoms with Crippen LogP contribution in [0.5, 0.6) is 0 Å². The first-order chi connectivity index (χ1) is 36.6. The summed E-state index contributed by atoms with van der Waals surface area (Å²) >= 11 is 0. The van der Waals surface area contributed by atoms with Gasteiger partial charge in [0.05, 0.1) is 6.61 Å². The molecule has 0 radical (unpaired) electrons. The fourth-order valence-corrected chi connectivity index (χ4v) is 8.60. The SMILES string of the molecule is CC/C=C\C/C=C\C/C=C\C/C=C\CCCCCCCCC(=O)OCC(COCCCCCCCCCCCC/C=C\C/C=C\CCCCC)OC(=O)CCCCCCCC/C=C\C/C=C\C/C=C\CCCCC.